The normalized spacial score (nSPS) is 21.6. The molecule has 24 heavy (non-hydrogen) atoms. The van der Waals surface area contributed by atoms with E-state index in [1.165, 1.54) is 12.8 Å². The number of rotatable bonds is 5. The predicted molar refractivity (Wildman–Crippen MR) is 101 cm³/mol. The van der Waals surface area contributed by atoms with Gasteiger partial charge in [0.05, 0.1) is 22.9 Å². The van der Waals surface area contributed by atoms with E-state index >= 15 is 0 Å². The number of nitrogens with two attached hydrogens (primary N) is 1. The van der Waals surface area contributed by atoms with Crippen molar-refractivity contribution in [1.82, 2.24) is 4.98 Å². The van der Waals surface area contributed by atoms with Gasteiger partial charge in [0.25, 0.3) is 0 Å². The summed E-state index contributed by atoms with van der Waals surface area (Å²) in [6.45, 7) is 0.662. The fourth-order valence-electron chi connectivity index (χ4n) is 3.63. The number of nitrogens with one attached hydrogen (secondary N) is 2. The van der Waals surface area contributed by atoms with E-state index in [0.717, 1.165) is 52.3 Å². The SMILES string of the molecule is NCCC1CSC(c2cc3cc(F)cc(NC4CCCC4)c3[nH]2)=N1. The summed E-state index contributed by atoms with van der Waals surface area (Å²) in [7, 11) is 0. The van der Waals surface area contributed by atoms with Crippen LogP contribution in [0.5, 0.6) is 0 Å². The standard InChI is InChI=1S/C18H23FN4S/c19-12-7-11-8-16(18-22-14(5-6-20)10-24-18)23-17(11)15(9-12)21-13-3-1-2-4-13/h7-9,13-14,21,23H,1-6,10,20H2. The number of aliphatic imine (C=N–C) groups is 1. The lowest BCUT2D eigenvalue weighted by molar-refractivity contribution is 0.629. The van der Waals surface area contributed by atoms with Crippen LogP contribution in [0.4, 0.5) is 10.1 Å². The number of halogens is 1. The van der Waals surface area contributed by atoms with Crippen molar-refractivity contribution in [3.05, 3.63) is 29.7 Å². The van der Waals surface area contributed by atoms with Crippen LogP contribution in [0.3, 0.4) is 0 Å². The second-order valence-electron chi connectivity index (χ2n) is 6.70. The second kappa shape index (κ2) is 6.76. The monoisotopic (exact) mass is 346 g/mol. The first-order chi connectivity index (χ1) is 11.7. The third kappa shape index (κ3) is 3.17. The van der Waals surface area contributed by atoms with Gasteiger partial charge in [-0.25, -0.2) is 4.39 Å². The molecule has 1 aliphatic carbocycles. The molecular weight excluding hydrogens is 323 g/mol. The third-order valence-corrected chi connectivity index (χ3v) is 6.00. The smallest absolute Gasteiger partial charge is 0.126 e. The van der Waals surface area contributed by atoms with Crippen molar-refractivity contribution in [2.24, 2.45) is 10.7 Å². The molecule has 1 aromatic carbocycles. The molecule has 6 heteroatoms. The van der Waals surface area contributed by atoms with Gasteiger partial charge in [-0.1, -0.05) is 12.8 Å². The molecule has 1 atom stereocenters. The number of aromatic nitrogens is 1. The van der Waals surface area contributed by atoms with Gasteiger partial charge in [-0.05, 0) is 44.0 Å². The zero-order chi connectivity index (χ0) is 16.5. The Kier molecular flexibility index (Phi) is 4.50. The van der Waals surface area contributed by atoms with Gasteiger partial charge in [0.2, 0.25) is 0 Å². The highest BCUT2D eigenvalue weighted by Gasteiger charge is 2.22. The van der Waals surface area contributed by atoms with Gasteiger partial charge in [-0.2, -0.15) is 0 Å². The van der Waals surface area contributed by atoms with E-state index in [1.54, 1.807) is 23.9 Å². The summed E-state index contributed by atoms with van der Waals surface area (Å²) in [5.74, 6) is 0.777. The van der Waals surface area contributed by atoms with Gasteiger partial charge < -0.3 is 16.0 Å². The van der Waals surface area contributed by atoms with Crippen molar-refractivity contribution in [3.63, 3.8) is 0 Å². The van der Waals surface area contributed by atoms with Crippen LogP contribution < -0.4 is 11.1 Å². The first kappa shape index (κ1) is 16.0. The summed E-state index contributed by atoms with van der Waals surface area (Å²) in [6, 6.07) is 5.95. The molecule has 2 heterocycles. The Morgan fingerprint density at radius 3 is 2.92 bits per heavy atom. The number of benzene rings is 1. The van der Waals surface area contributed by atoms with Gasteiger partial charge in [-0.15, -0.1) is 11.8 Å². The van der Waals surface area contributed by atoms with E-state index < -0.39 is 0 Å². The molecule has 1 aromatic heterocycles. The summed E-state index contributed by atoms with van der Waals surface area (Å²) < 4.78 is 14.0. The van der Waals surface area contributed by atoms with Gasteiger partial charge in [0.15, 0.2) is 0 Å². The fourth-order valence-corrected chi connectivity index (χ4v) is 4.71. The summed E-state index contributed by atoms with van der Waals surface area (Å²) in [5, 5.41) is 5.43. The Balaban J connectivity index is 1.66. The minimum Gasteiger partial charge on any atom is -0.381 e. The number of fused-ring (bicyclic) bond motifs is 1. The number of hydrogen-bond acceptors (Lipinski definition) is 4. The molecule has 128 valence electrons. The van der Waals surface area contributed by atoms with Crippen LogP contribution in [0.2, 0.25) is 0 Å². The minimum absolute atomic E-state index is 0.199. The molecular formula is C18H23FN4S. The maximum Gasteiger partial charge on any atom is 0.126 e. The average Bonchev–Trinajstić information content (AvgIpc) is 3.26. The molecule has 2 aromatic rings. The van der Waals surface area contributed by atoms with Crippen LogP contribution in [-0.2, 0) is 0 Å². The zero-order valence-corrected chi connectivity index (χ0v) is 14.5. The van der Waals surface area contributed by atoms with Crippen molar-refractivity contribution < 1.29 is 4.39 Å². The zero-order valence-electron chi connectivity index (χ0n) is 13.6. The van der Waals surface area contributed by atoms with Crippen LogP contribution >= 0.6 is 11.8 Å². The van der Waals surface area contributed by atoms with Crippen molar-refractivity contribution in [2.45, 2.75) is 44.2 Å². The molecule has 1 saturated carbocycles. The molecule has 4 N–H and O–H groups in total. The van der Waals surface area contributed by atoms with E-state index in [0.29, 0.717) is 18.6 Å². The molecule has 1 fully saturated rings. The van der Waals surface area contributed by atoms with Crippen LogP contribution in [0.25, 0.3) is 10.9 Å². The van der Waals surface area contributed by atoms with E-state index in [-0.39, 0.29) is 5.82 Å². The quantitative estimate of drug-likeness (QED) is 0.770. The Labute approximate surface area is 145 Å². The molecule has 4 nitrogen and oxygen atoms in total. The van der Waals surface area contributed by atoms with Gasteiger partial charge in [0.1, 0.15) is 10.9 Å². The Hall–Kier alpha value is -1.53. The first-order valence-electron chi connectivity index (χ1n) is 8.73. The highest BCUT2D eigenvalue weighted by molar-refractivity contribution is 8.14. The van der Waals surface area contributed by atoms with Gasteiger partial charge in [0, 0.05) is 17.2 Å². The van der Waals surface area contributed by atoms with E-state index in [2.05, 4.69) is 10.3 Å². The summed E-state index contributed by atoms with van der Waals surface area (Å²) in [5.41, 5.74) is 8.45. The van der Waals surface area contributed by atoms with Gasteiger partial charge in [-0.3, -0.25) is 4.99 Å². The lowest BCUT2D eigenvalue weighted by atomic mass is 10.2. The summed E-state index contributed by atoms with van der Waals surface area (Å²) in [4.78, 5) is 8.21. The maximum absolute atomic E-state index is 14.0. The van der Waals surface area contributed by atoms with E-state index in [1.807, 2.05) is 6.07 Å². The van der Waals surface area contributed by atoms with Crippen molar-refractivity contribution >= 4 is 33.4 Å². The van der Waals surface area contributed by atoms with Crippen molar-refractivity contribution in [1.29, 1.82) is 0 Å². The lowest BCUT2D eigenvalue weighted by Gasteiger charge is -2.14. The minimum atomic E-state index is -0.199. The summed E-state index contributed by atoms with van der Waals surface area (Å²) in [6.07, 6.45) is 5.74. The first-order valence-corrected chi connectivity index (χ1v) is 9.71. The van der Waals surface area contributed by atoms with Crippen LogP contribution in [-0.4, -0.2) is 34.4 Å². The molecule has 0 bridgehead atoms. The molecule has 2 aliphatic rings. The molecule has 1 aliphatic heterocycles. The highest BCUT2D eigenvalue weighted by Crippen LogP contribution is 2.32. The number of hydrogen-bond donors (Lipinski definition) is 3. The van der Waals surface area contributed by atoms with E-state index in [9.17, 15) is 4.39 Å². The number of H-pyrrole nitrogens is 1. The van der Waals surface area contributed by atoms with Gasteiger partial charge >= 0.3 is 0 Å². The largest absolute Gasteiger partial charge is 0.381 e. The summed E-state index contributed by atoms with van der Waals surface area (Å²) >= 11 is 1.75. The Morgan fingerprint density at radius 2 is 2.12 bits per heavy atom. The molecule has 1 unspecified atom stereocenters. The Morgan fingerprint density at radius 1 is 1.29 bits per heavy atom. The number of anilines is 1. The average molecular weight is 346 g/mol. The number of aromatic amines is 1. The van der Waals surface area contributed by atoms with Crippen LogP contribution in [0.1, 0.15) is 37.8 Å². The molecule has 0 amide bonds. The molecule has 0 spiro atoms. The van der Waals surface area contributed by atoms with Crippen molar-refractivity contribution in [2.75, 3.05) is 17.6 Å². The molecule has 0 radical (unpaired) electrons. The predicted octanol–water partition coefficient (Wildman–Crippen LogP) is 3.87. The number of nitrogens with zero attached hydrogens (tertiary/aromatic N) is 1. The molecule has 0 saturated heterocycles. The number of thioether (sulfide) groups is 1. The van der Waals surface area contributed by atoms with Crippen LogP contribution in [0, 0.1) is 5.82 Å². The Bertz CT molecular complexity index is 764. The lowest BCUT2D eigenvalue weighted by Crippen LogP contribution is -2.14. The van der Waals surface area contributed by atoms with Crippen molar-refractivity contribution in [3.8, 4) is 0 Å². The van der Waals surface area contributed by atoms with E-state index in [4.69, 9.17) is 10.7 Å². The highest BCUT2D eigenvalue weighted by atomic mass is 32.2. The maximum atomic E-state index is 14.0. The second-order valence-corrected chi connectivity index (χ2v) is 7.71. The topological polar surface area (TPSA) is 66.2 Å². The van der Waals surface area contributed by atoms with Crippen LogP contribution in [0.15, 0.2) is 23.2 Å². The third-order valence-electron chi connectivity index (χ3n) is 4.85. The molecule has 4 rings (SSSR count). The fraction of sp³-hybridized carbons (Fsp3) is 0.500.